The van der Waals surface area contributed by atoms with Crippen LogP contribution in [0.1, 0.15) is 22.8 Å². The molecular weight excluding hydrogens is 458 g/mol. The second-order valence-electron chi connectivity index (χ2n) is 7.09. The Hall–Kier alpha value is -3.43. The average molecular weight is 480 g/mol. The van der Waals surface area contributed by atoms with Crippen molar-refractivity contribution in [3.05, 3.63) is 81.5 Å². The van der Waals surface area contributed by atoms with Crippen molar-refractivity contribution in [1.82, 2.24) is 9.55 Å². The summed E-state index contributed by atoms with van der Waals surface area (Å²) in [5.74, 6) is -0.594. The van der Waals surface area contributed by atoms with Crippen LogP contribution in [0.25, 0.3) is 15.9 Å². The maximum Gasteiger partial charge on any atom is 0.338 e. The van der Waals surface area contributed by atoms with E-state index in [-0.39, 0.29) is 17.2 Å². The van der Waals surface area contributed by atoms with Gasteiger partial charge in [-0.15, -0.1) is 11.3 Å². The molecule has 33 heavy (non-hydrogen) atoms. The number of amides is 1. The summed E-state index contributed by atoms with van der Waals surface area (Å²) < 4.78 is 7.11. The molecule has 4 rings (SSSR count). The number of hydrogen-bond acceptors (Lipinski definition) is 7. The number of carbonyl (C=O) groups excluding carboxylic acids is 2. The first-order valence-electron chi connectivity index (χ1n) is 10.2. The van der Waals surface area contributed by atoms with E-state index >= 15 is 0 Å². The maximum atomic E-state index is 13.2. The SMILES string of the molecule is CCOC(=O)c1ccc(NC(=O)CSc2nc3ccsc3c(=O)n2-c2ccccc2C)cc1. The van der Waals surface area contributed by atoms with Crippen molar-refractivity contribution in [2.45, 2.75) is 19.0 Å². The lowest BCUT2D eigenvalue weighted by atomic mass is 10.2. The van der Waals surface area contributed by atoms with E-state index in [1.807, 2.05) is 36.6 Å². The first-order chi connectivity index (χ1) is 16.0. The molecule has 0 bridgehead atoms. The Balaban J connectivity index is 1.54. The molecule has 168 valence electrons. The zero-order valence-electron chi connectivity index (χ0n) is 18.0. The smallest absolute Gasteiger partial charge is 0.338 e. The lowest BCUT2D eigenvalue weighted by molar-refractivity contribution is -0.113. The lowest BCUT2D eigenvalue weighted by Crippen LogP contribution is -2.22. The van der Waals surface area contributed by atoms with E-state index in [1.165, 1.54) is 23.1 Å². The van der Waals surface area contributed by atoms with Gasteiger partial charge >= 0.3 is 5.97 Å². The van der Waals surface area contributed by atoms with Crippen LogP contribution in [0.3, 0.4) is 0 Å². The van der Waals surface area contributed by atoms with E-state index in [0.29, 0.717) is 33.2 Å². The van der Waals surface area contributed by atoms with Crippen LogP contribution in [0, 0.1) is 6.92 Å². The van der Waals surface area contributed by atoms with Crippen molar-refractivity contribution in [2.24, 2.45) is 0 Å². The summed E-state index contributed by atoms with van der Waals surface area (Å²) in [6.45, 7) is 3.97. The number of nitrogens with one attached hydrogen (secondary N) is 1. The summed E-state index contributed by atoms with van der Waals surface area (Å²) in [5, 5.41) is 5.09. The third kappa shape index (κ3) is 4.99. The molecule has 0 saturated carbocycles. The summed E-state index contributed by atoms with van der Waals surface area (Å²) in [5.41, 5.74) is 3.12. The van der Waals surface area contributed by atoms with Gasteiger partial charge in [0.05, 0.1) is 29.1 Å². The Bertz CT molecular complexity index is 1380. The van der Waals surface area contributed by atoms with E-state index in [2.05, 4.69) is 10.3 Å². The fourth-order valence-corrected chi connectivity index (χ4v) is 4.81. The minimum Gasteiger partial charge on any atom is -0.462 e. The molecule has 0 saturated heterocycles. The van der Waals surface area contributed by atoms with Crippen LogP contribution in [0.2, 0.25) is 0 Å². The number of anilines is 1. The highest BCUT2D eigenvalue weighted by Crippen LogP contribution is 2.25. The highest BCUT2D eigenvalue weighted by atomic mass is 32.2. The van der Waals surface area contributed by atoms with Gasteiger partial charge in [0.1, 0.15) is 4.70 Å². The minimum atomic E-state index is -0.407. The molecule has 2 aromatic heterocycles. The number of hydrogen-bond donors (Lipinski definition) is 1. The van der Waals surface area contributed by atoms with Crippen molar-refractivity contribution in [3.8, 4) is 5.69 Å². The maximum absolute atomic E-state index is 13.2. The van der Waals surface area contributed by atoms with Gasteiger partial charge < -0.3 is 10.1 Å². The molecule has 1 amide bonds. The molecule has 0 aliphatic rings. The molecule has 0 atom stereocenters. The van der Waals surface area contributed by atoms with E-state index in [1.54, 1.807) is 41.8 Å². The largest absolute Gasteiger partial charge is 0.462 e. The number of nitrogens with zero attached hydrogens (tertiary/aromatic N) is 2. The van der Waals surface area contributed by atoms with Crippen molar-refractivity contribution < 1.29 is 14.3 Å². The molecule has 0 radical (unpaired) electrons. The van der Waals surface area contributed by atoms with Crippen molar-refractivity contribution in [1.29, 1.82) is 0 Å². The standard InChI is InChI=1S/C24H21N3O4S2/c1-3-31-23(30)16-8-10-17(11-9-16)25-20(28)14-33-24-26-18-12-13-32-21(18)22(29)27(24)19-7-5-4-6-15(19)2/h4-13H,3,14H2,1-2H3,(H,25,28). The monoisotopic (exact) mass is 479 g/mol. The number of aryl methyl sites for hydroxylation is 1. The Morgan fingerprint density at radius 2 is 1.88 bits per heavy atom. The molecule has 4 aromatic rings. The number of fused-ring (bicyclic) bond motifs is 1. The number of carbonyl (C=O) groups is 2. The van der Waals surface area contributed by atoms with Crippen molar-refractivity contribution in [3.63, 3.8) is 0 Å². The van der Waals surface area contributed by atoms with Gasteiger partial charge in [0, 0.05) is 5.69 Å². The lowest BCUT2D eigenvalue weighted by Gasteiger charge is -2.14. The number of aromatic nitrogens is 2. The van der Waals surface area contributed by atoms with Crippen LogP contribution in [-0.4, -0.2) is 33.8 Å². The van der Waals surface area contributed by atoms with Crippen LogP contribution >= 0.6 is 23.1 Å². The van der Waals surface area contributed by atoms with Gasteiger partial charge in [0.15, 0.2) is 5.16 Å². The summed E-state index contributed by atoms with van der Waals surface area (Å²) >= 11 is 2.55. The van der Waals surface area contributed by atoms with Crippen LogP contribution in [0.4, 0.5) is 5.69 Å². The fourth-order valence-electron chi connectivity index (χ4n) is 3.25. The summed E-state index contributed by atoms with van der Waals surface area (Å²) in [6.07, 6.45) is 0. The number of thiophene rings is 1. The predicted molar refractivity (Wildman–Crippen MR) is 132 cm³/mol. The normalized spacial score (nSPS) is 10.8. The second kappa shape index (κ2) is 10.0. The van der Waals surface area contributed by atoms with Crippen molar-refractivity contribution >= 4 is 50.9 Å². The van der Waals surface area contributed by atoms with Crippen LogP contribution < -0.4 is 10.9 Å². The Kier molecular flexibility index (Phi) is 6.90. The molecule has 0 spiro atoms. The number of ether oxygens (including phenoxy) is 1. The van der Waals surface area contributed by atoms with E-state index in [9.17, 15) is 14.4 Å². The number of thioether (sulfide) groups is 1. The molecule has 1 N–H and O–H groups in total. The molecule has 0 aliphatic heterocycles. The topological polar surface area (TPSA) is 90.3 Å². The van der Waals surface area contributed by atoms with Crippen molar-refractivity contribution in [2.75, 3.05) is 17.7 Å². The Morgan fingerprint density at radius 3 is 2.61 bits per heavy atom. The molecule has 9 heteroatoms. The summed E-state index contributed by atoms with van der Waals surface area (Å²) in [7, 11) is 0. The van der Waals surface area contributed by atoms with Gasteiger partial charge in [0.2, 0.25) is 5.91 Å². The van der Waals surface area contributed by atoms with Crippen LogP contribution in [-0.2, 0) is 9.53 Å². The first kappa shape index (κ1) is 22.8. The Labute approximate surface area is 198 Å². The predicted octanol–water partition coefficient (Wildman–Crippen LogP) is 4.66. The molecule has 0 aliphatic carbocycles. The van der Waals surface area contributed by atoms with E-state index < -0.39 is 5.97 Å². The van der Waals surface area contributed by atoms with Gasteiger partial charge in [-0.05, 0) is 61.2 Å². The van der Waals surface area contributed by atoms with Gasteiger partial charge in [0.25, 0.3) is 5.56 Å². The number of esters is 1. The summed E-state index contributed by atoms with van der Waals surface area (Å²) in [4.78, 5) is 42.2. The van der Waals surface area contributed by atoms with E-state index in [0.717, 1.165) is 11.3 Å². The minimum absolute atomic E-state index is 0.0631. The van der Waals surface area contributed by atoms with Gasteiger partial charge in [-0.3, -0.25) is 14.2 Å². The highest BCUT2D eigenvalue weighted by molar-refractivity contribution is 7.99. The second-order valence-corrected chi connectivity index (χ2v) is 8.95. The third-order valence-electron chi connectivity index (χ3n) is 4.82. The zero-order valence-corrected chi connectivity index (χ0v) is 19.7. The molecule has 0 unspecified atom stereocenters. The van der Waals surface area contributed by atoms with Gasteiger partial charge in [-0.2, -0.15) is 0 Å². The molecule has 7 nitrogen and oxygen atoms in total. The molecule has 0 fully saturated rings. The van der Waals surface area contributed by atoms with Crippen LogP contribution in [0.5, 0.6) is 0 Å². The average Bonchev–Trinajstić information content (AvgIpc) is 3.28. The number of para-hydroxylation sites is 1. The molecule has 2 heterocycles. The third-order valence-corrected chi connectivity index (χ3v) is 6.65. The highest BCUT2D eigenvalue weighted by Gasteiger charge is 2.17. The van der Waals surface area contributed by atoms with Crippen LogP contribution in [0.15, 0.2) is 69.9 Å². The number of rotatable bonds is 7. The fraction of sp³-hybridized carbons (Fsp3) is 0.167. The molecular formula is C24H21N3O4S2. The quantitative estimate of drug-likeness (QED) is 0.235. The van der Waals surface area contributed by atoms with Gasteiger partial charge in [-0.25, -0.2) is 9.78 Å². The molecule has 2 aromatic carbocycles. The first-order valence-corrected chi connectivity index (χ1v) is 12.1. The van der Waals surface area contributed by atoms with Gasteiger partial charge in [-0.1, -0.05) is 30.0 Å². The Morgan fingerprint density at radius 1 is 1.12 bits per heavy atom. The zero-order chi connectivity index (χ0) is 23.4. The number of benzene rings is 2. The van der Waals surface area contributed by atoms with E-state index in [4.69, 9.17) is 4.74 Å². The summed E-state index contributed by atoms with van der Waals surface area (Å²) in [6, 6.07) is 15.9.